The van der Waals surface area contributed by atoms with E-state index in [0.29, 0.717) is 0 Å². The molecule has 0 saturated carbocycles. The van der Waals surface area contributed by atoms with Crippen molar-refractivity contribution in [1.29, 1.82) is 0 Å². The third-order valence-corrected chi connectivity index (χ3v) is 2.87. The molecule has 0 amide bonds. The fraction of sp³-hybridized carbons (Fsp3) is 0.250. The largest absolute Gasteiger partial charge is 0.392 e. The molecule has 0 spiro atoms. The number of H-pyrrole nitrogens is 1. The van der Waals surface area contributed by atoms with Crippen molar-refractivity contribution in [2.75, 3.05) is 6.61 Å². The molecule has 4 heteroatoms. The van der Waals surface area contributed by atoms with E-state index in [1.165, 1.54) is 0 Å². The van der Waals surface area contributed by atoms with E-state index in [2.05, 4.69) is 28.0 Å². The van der Waals surface area contributed by atoms with Crippen LogP contribution in [-0.2, 0) is 0 Å². The number of aromatic nitrogens is 3. The highest BCUT2D eigenvalue weighted by molar-refractivity contribution is 5.72. The Kier molecular flexibility index (Phi) is 4.85. The van der Waals surface area contributed by atoms with Crippen LogP contribution < -0.4 is 0 Å². The Balaban J connectivity index is 2.26. The molecule has 2 N–H and O–H groups in total. The van der Waals surface area contributed by atoms with Crippen molar-refractivity contribution >= 4 is 5.57 Å². The third-order valence-electron chi connectivity index (χ3n) is 2.87. The van der Waals surface area contributed by atoms with Crippen LogP contribution in [-0.4, -0.2) is 26.7 Å². The van der Waals surface area contributed by atoms with Crippen molar-refractivity contribution in [1.82, 2.24) is 15.0 Å². The number of rotatable bonds is 5. The highest BCUT2D eigenvalue weighted by Crippen LogP contribution is 2.19. The van der Waals surface area contributed by atoms with Crippen molar-refractivity contribution in [2.24, 2.45) is 0 Å². The number of aliphatic hydroxyl groups is 1. The van der Waals surface area contributed by atoms with Crippen molar-refractivity contribution in [2.45, 2.75) is 20.3 Å². The predicted molar refractivity (Wildman–Crippen MR) is 81.0 cm³/mol. The number of aryl methyl sites for hydroxylation is 1. The standard InChI is InChI=1S/C16H19N3O/c1-3-5-13(6-4-9-20)15-8-7-14(11-17-15)16-18-10-12(2)19-16/h4-8,10-11,20H,3,9H2,1-2H3,(H,18,19)/b6-4-,13-5+. The summed E-state index contributed by atoms with van der Waals surface area (Å²) in [6.45, 7) is 4.06. The van der Waals surface area contributed by atoms with E-state index < -0.39 is 0 Å². The molecule has 0 radical (unpaired) electrons. The Morgan fingerprint density at radius 3 is 2.80 bits per heavy atom. The summed E-state index contributed by atoms with van der Waals surface area (Å²) >= 11 is 0. The van der Waals surface area contributed by atoms with Crippen molar-refractivity contribution in [3.63, 3.8) is 0 Å². The van der Waals surface area contributed by atoms with Gasteiger partial charge in [0.15, 0.2) is 0 Å². The normalized spacial score (nSPS) is 12.2. The van der Waals surface area contributed by atoms with Gasteiger partial charge in [0.25, 0.3) is 0 Å². The summed E-state index contributed by atoms with van der Waals surface area (Å²) in [6, 6.07) is 3.97. The molecular formula is C16H19N3O. The first kappa shape index (κ1) is 14.2. The number of hydrogen-bond acceptors (Lipinski definition) is 3. The van der Waals surface area contributed by atoms with Gasteiger partial charge in [0, 0.05) is 18.0 Å². The zero-order valence-electron chi connectivity index (χ0n) is 11.8. The van der Waals surface area contributed by atoms with Gasteiger partial charge in [0.05, 0.1) is 18.0 Å². The van der Waals surface area contributed by atoms with Crippen LogP contribution in [0.15, 0.2) is 42.8 Å². The van der Waals surface area contributed by atoms with Gasteiger partial charge in [-0.15, -0.1) is 0 Å². The molecule has 2 rings (SSSR count). The maximum atomic E-state index is 8.88. The maximum Gasteiger partial charge on any atom is 0.139 e. The number of nitrogens with one attached hydrogen (secondary N) is 1. The lowest BCUT2D eigenvalue weighted by Gasteiger charge is -2.03. The molecule has 4 nitrogen and oxygen atoms in total. The first-order valence-electron chi connectivity index (χ1n) is 6.71. The Morgan fingerprint density at radius 2 is 2.25 bits per heavy atom. The molecule has 0 aliphatic rings. The lowest BCUT2D eigenvalue weighted by Crippen LogP contribution is -1.90. The van der Waals surface area contributed by atoms with Gasteiger partial charge in [-0.3, -0.25) is 4.98 Å². The van der Waals surface area contributed by atoms with Crippen LogP contribution in [0.25, 0.3) is 17.0 Å². The van der Waals surface area contributed by atoms with Gasteiger partial charge < -0.3 is 10.1 Å². The molecule has 2 aromatic rings. The van der Waals surface area contributed by atoms with Gasteiger partial charge in [-0.25, -0.2) is 4.98 Å². The fourth-order valence-corrected chi connectivity index (χ4v) is 1.92. The van der Waals surface area contributed by atoms with Crippen LogP contribution in [0.1, 0.15) is 24.7 Å². The second-order valence-electron chi connectivity index (χ2n) is 4.48. The quantitative estimate of drug-likeness (QED) is 0.820. The number of nitrogens with zero attached hydrogens (tertiary/aromatic N) is 2. The van der Waals surface area contributed by atoms with E-state index in [1.54, 1.807) is 6.08 Å². The monoisotopic (exact) mass is 269 g/mol. The first-order valence-corrected chi connectivity index (χ1v) is 6.71. The van der Waals surface area contributed by atoms with Crippen LogP contribution in [0, 0.1) is 6.92 Å². The number of aromatic amines is 1. The van der Waals surface area contributed by atoms with Crippen molar-refractivity contribution in [3.8, 4) is 11.4 Å². The summed E-state index contributed by atoms with van der Waals surface area (Å²) in [7, 11) is 0. The summed E-state index contributed by atoms with van der Waals surface area (Å²) in [5, 5.41) is 8.88. The van der Waals surface area contributed by atoms with Gasteiger partial charge >= 0.3 is 0 Å². The van der Waals surface area contributed by atoms with Gasteiger partial charge in [-0.2, -0.15) is 0 Å². The van der Waals surface area contributed by atoms with Crippen LogP contribution in [0.2, 0.25) is 0 Å². The third kappa shape index (κ3) is 3.42. The Labute approximate surface area is 118 Å². The Hall–Kier alpha value is -2.20. The van der Waals surface area contributed by atoms with E-state index in [0.717, 1.165) is 34.8 Å². The highest BCUT2D eigenvalue weighted by atomic mass is 16.2. The summed E-state index contributed by atoms with van der Waals surface area (Å²) in [5.41, 5.74) is 3.83. The SMILES string of the molecule is CC/C=C(\C=C/CO)c1ccc(-c2nc(C)c[nH]2)cn1. The summed E-state index contributed by atoms with van der Waals surface area (Å²) < 4.78 is 0. The summed E-state index contributed by atoms with van der Waals surface area (Å²) in [5.74, 6) is 0.827. The first-order chi connectivity index (χ1) is 9.74. The van der Waals surface area contributed by atoms with E-state index >= 15 is 0 Å². The van der Waals surface area contributed by atoms with Crippen LogP contribution in [0.3, 0.4) is 0 Å². The van der Waals surface area contributed by atoms with Gasteiger partial charge in [0.1, 0.15) is 5.82 Å². The zero-order valence-corrected chi connectivity index (χ0v) is 11.8. The molecule has 2 heterocycles. The van der Waals surface area contributed by atoms with Crippen LogP contribution in [0.4, 0.5) is 0 Å². The molecule has 20 heavy (non-hydrogen) atoms. The van der Waals surface area contributed by atoms with E-state index in [9.17, 15) is 0 Å². The number of allylic oxidation sites excluding steroid dienone is 3. The van der Waals surface area contributed by atoms with E-state index in [4.69, 9.17) is 5.11 Å². The molecule has 0 saturated heterocycles. The van der Waals surface area contributed by atoms with Crippen LogP contribution >= 0.6 is 0 Å². The molecular weight excluding hydrogens is 250 g/mol. The molecule has 104 valence electrons. The second kappa shape index (κ2) is 6.82. The van der Waals surface area contributed by atoms with Gasteiger partial charge in [-0.1, -0.05) is 25.2 Å². The van der Waals surface area contributed by atoms with E-state index in [1.807, 2.05) is 37.5 Å². The zero-order chi connectivity index (χ0) is 14.4. The molecule has 2 aromatic heterocycles. The molecule has 0 fully saturated rings. The Bertz CT molecular complexity index is 609. The topological polar surface area (TPSA) is 61.8 Å². The lowest BCUT2D eigenvalue weighted by atomic mass is 10.1. The Morgan fingerprint density at radius 1 is 1.40 bits per heavy atom. The number of hydrogen-bond donors (Lipinski definition) is 2. The maximum absolute atomic E-state index is 8.88. The van der Waals surface area contributed by atoms with Crippen LogP contribution in [0.5, 0.6) is 0 Å². The smallest absolute Gasteiger partial charge is 0.139 e. The fourth-order valence-electron chi connectivity index (χ4n) is 1.92. The predicted octanol–water partition coefficient (Wildman–Crippen LogP) is 3.12. The average molecular weight is 269 g/mol. The molecule has 0 atom stereocenters. The van der Waals surface area contributed by atoms with Gasteiger partial charge in [0.2, 0.25) is 0 Å². The minimum absolute atomic E-state index is 0.0325. The molecule has 0 aromatic carbocycles. The molecule has 0 unspecified atom stereocenters. The number of pyridine rings is 1. The molecule has 0 aliphatic carbocycles. The molecule has 0 aliphatic heterocycles. The summed E-state index contributed by atoms with van der Waals surface area (Å²) in [6.07, 6.45) is 10.3. The molecule has 0 bridgehead atoms. The van der Waals surface area contributed by atoms with Crippen molar-refractivity contribution in [3.05, 3.63) is 54.1 Å². The highest BCUT2D eigenvalue weighted by Gasteiger charge is 2.04. The van der Waals surface area contributed by atoms with Gasteiger partial charge in [-0.05, 0) is 31.1 Å². The van der Waals surface area contributed by atoms with E-state index in [-0.39, 0.29) is 6.61 Å². The average Bonchev–Trinajstić information content (AvgIpc) is 2.90. The van der Waals surface area contributed by atoms with Crippen molar-refractivity contribution < 1.29 is 5.11 Å². The number of aliphatic hydroxyl groups excluding tert-OH is 1. The minimum atomic E-state index is 0.0325. The second-order valence-corrected chi connectivity index (χ2v) is 4.48. The minimum Gasteiger partial charge on any atom is -0.392 e. The summed E-state index contributed by atoms with van der Waals surface area (Å²) in [4.78, 5) is 12.0. The lowest BCUT2D eigenvalue weighted by molar-refractivity contribution is 0.343. The number of imidazole rings is 1.